The highest BCUT2D eigenvalue weighted by Crippen LogP contribution is 2.22. The van der Waals surface area contributed by atoms with Gasteiger partial charge in [0, 0.05) is 17.2 Å². The van der Waals surface area contributed by atoms with E-state index < -0.39 is 28.6 Å². The van der Waals surface area contributed by atoms with Crippen molar-refractivity contribution in [1.82, 2.24) is 0 Å². The molecular weight excluding hydrogens is 317 g/mol. The monoisotopic (exact) mass is 331 g/mol. The van der Waals surface area contributed by atoms with Crippen LogP contribution >= 0.6 is 0 Å². The van der Waals surface area contributed by atoms with Gasteiger partial charge < -0.3 is 4.74 Å². The minimum absolute atomic E-state index is 0.0166. The van der Waals surface area contributed by atoms with E-state index in [0.29, 0.717) is 0 Å². The molecule has 0 N–H and O–H groups in total. The molecule has 2 aromatic carbocycles. The van der Waals surface area contributed by atoms with Gasteiger partial charge in [0.1, 0.15) is 5.82 Å². The molecule has 0 heterocycles. The molecule has 0 saturated carbocycles. The Morgan fingerprint density at radius 3 is 2.38 bits per heavy atom. The van der Waals surface area contributed by atoms with Crippen LogP contribution in [0.5, 0.6) is 0 Å². The quantitative estimate of drug-likeness (QED) is 0.362. The molecule has 0 aromatic heterocycles. The van der Waals surface area contributed by atoms with E-state index in [9.17, 15) is 24.1 Å². The van der Waals surface area contributed by atoms with E-state index in [0.717, 1.165) is 12.1 Å². The summed E-state index contributed by atoms with van der Waals surface area (Å²) in [5.74, 6) is -1.81. The molecule has 7 heteroatoms. The molecule has 0 aliphatic rings. The zero-order valence-corrected chi connectivity index (χ0v) is 13.0. The largest absolute Gasteiger partial charge is 0.451 e. The van der Waals surface area contributed by atoms with Crippen LogP contribution in [-0.4, -0.2) is 22.8 Å². The van der Waals surface area contributed by atoms with Gasteiger partial charge in [-0.2, -0.15) is 0 Å². The highest BCUT2D eigenvalue weighted by Gasteiger charge is 2.24. The fourth-order valence-electron chi connectivity index (χ4n) is 2.17. The first kappa shape index (κ1) is 17.3. The smallest absolute Gasteiger partial charge is 0.339 e. The van der Waals surface area contributed by atoms with Gasteiger partial charge in [0.25, 0.3) is 5.69 Å². The lowest BCUT2D eigenvalue weighted by Crippen LogP contribution is -2.25. The number of rotatable bonds is 5. The SMILES string of the molecule is Cc1c(C(=O)O[C@@H](C)C(=O)c2ccc(F)cc2)cccc1[N+](=O)[O-]. The van der Waals surface area contributed by atoms with Crippen molar-refractivity contribution >= 4 is 17.4 Å². The van der Waals surface area contributed by atoms with Crippen molar-refractivity contribution in [3.63, 3.8) is 0 Å². The van der Waals surface area contributed by atoms with Crippen LogP contribution in [0.1, 0.15) is 33.2 Å². The number of ether oxygens (including phenoxy) is 1. The molecule has 0 fully saturated rings. The summed E-state index contributed by atoms with van der Waals surface area (Å²) in [7, 11) is 0. The Morgan fingerprint density at radius 1 is 1.17 bits per heavy atom. The van der Waals surface area contributed by atoms with Crippen LogP contribution in [0, 0.1) is 22.9 Å². The van der Waals surface area contributed by atoms with Crippen LogP contribution in [0.15, 0.2) is 42.5 Å². The van der Waals surface area contributed by atoms with Crippen molar-refractivity contribution in [3.05, 3.63) is 75.1 Å². The molecule has 0 amide bonds. The summed E-state index contributed by atoms with van der Waals surface area (Å²) in [5.41, 5.74) is 0.173. The van der Waals surface area contributed by atoms with Gasteiger partial charge >= 0.3 is 5.97 Å². The number of benzene rings is 2. The average molecular weight is 331 g/mol. The summed E-state index contributed by atoms with van der Waals surface area (Å²) in [6.07, 6.45) is -1.11. The zero-order valence-electron chi connectivity index (χ0n) is 13.0. The number of halogens is 1. The Bertz CT molecular complexity index is 801. The third-order valence-corrected chi connectivity index (χ3v) is 3.50. The Balaban J connectivity index is 2.17. The number of Topliss-reactive ketones (excluding diaryl/α,β-unsaturated/α-hetero) is 1. The van der Waals surface area contributed by atoms with Crippen LogP contribution in [-0.2, 0) is 4.74 Å². The number of carbonyl (C=O) groups excluding carboxylic acids is 2. The van der Waals surface area contributed by atoms with Crippen LogP contribution in [0.4, 0.5) is 10.1 Å². The number of ketones is 1. The van der Waals surface area contributed by atoms with E-state index in [4.69, 9.17) is 4.74 Å². The van der Waals surface area contributed by atoms with Gasteiger partial charge in [-0.3, -0.25) is 14.9 Å². The van der Waals surface area contributed by atoms with Crippen molar-refractivity contribution in [2.24, 2.45) is 0 Å². The van der Waals surface area contributed by atoms with E-state index >= 15 is 0 Å². The summed E-state index contributed by atoms with van der Waals surface area (Å²) < 4.78 is 18.0. The average Bonchev–Trinajstić information content (AvgIpc) is 2.54. The first-order valence-corrected chi connectivity index (χ1v) is 7.06. The molecule has 124 valence electrons. The molecular formula is C17H14FNO5. The summed E-state index contributed by atoms with van der Waals surface area (Å²) in [4.78, 5) is 34.7. The van der Waals surface area contributed by atoms with Crippen LogP contribution in [0.2, 0.25) is 0 Å². The van der Waals surface area contributed by atoms with Gasteiger partial charge in [0.2, 0.25) is 5.78 Å². The summed E-state index contributed by atoms with van der Waals surface area (Å²) >= 11 is 0. The molecule has 0 aliphatic carbocycles. The molecule has 24 heavy (non-hydrogen) atoms. The van der Waals surface area contributed by atoms with Crippen molar-refractivity contribution in [3.8, 4) is 0 Å². The number of carbonyl (C=O) groups is 2. The van der Waals surface area contributed by atoms with Gasteiger partial charge in [-0.25, -0.2) is 9.18 Å². The van der Waals surface area contributed by atoms with E-state index in [-0.39, 0.29) is 22.4 Å². The lowest BCUT2D eigenvalue weighted by molar-refractivity contribution is -0.385. The summed E-state index contributed by atoms with van der Waals surface area (Å²) in [5, 5.41) is 10.9. The van der Waals surface area contributed by atoms with Gasteiger partial charge in [0.15, 0.2) is 6.10 Å². The number of hydrogen-bond donors (Lipinski definition) is 0. The Labute approximate surface area is 137 Å². The standard InChI is InChI=1S/C17H14FNO5/c1-10-14(4-3-5-15(10)19(22)23)17(21)24-11(2)16(20)12-6-8-13(18)9-7-12/h3-9,11H,1-2H3/t11-/m0/s1. The Kier molecular flexibility index (Phi) is 5.03. The van der Waals surface area contributed by atoms with Crippen molar-refractivity contribution < 1.29 is 23.6 Å². The van der Waals surface area contributed by atoms with Crippen molar-refractivity contribution in [1.29, 1.82) is 0 Å². The maximum atomic E-state index is 12.9. The van der Waals surface area contributed by atoms with Crippen molar-refractivity contribution in [2.75, 3.05) is 0 Å². The molecule has 0 aliphatic heterocycles. The fourth-order valence-corrected chi connectivity index (χ4v) is 2.17. The lowest BCUT2D eigenvalue weighted by atomic mass is 10.1. The number of esters is 1. The summed E-state index contributed by atoms with van der Waals surface area (Å²) in [6, 6.07) is 8.88. The van der Waals surface area contributed by atoms with E-state index in [1.54, 1.807) is 0 Å². The van der Waals surface area contributed by atoms with Gasteiger partial charge in [0.05, 0.1) is 10.5 Å². The van der Waals surface area contributed by atoms with E-state index in [1.165, 1.54) is 44.2 Å². The third kappa shape index (κ3) is 3.62. The minimum Gasteiger partial charge on any atom is -0.451 e. The Hall–Kier alpha value is -3.09. The second-order valence-electron chi connectivity index (χ2n) is 5.13. The highest BCUT2D eigenvalue weighted by molar-refractivity contribution is 6.01. The molecule has 2 rings (SSSR count). The van der Waals surface area contributed by atoms with Gasteiger partial charge in [-0.1, -0.05) is 6.07 Å². The van der Waals surface area contributed by atoms with E-state index in [2.05, 4.69) is 0 Å². The van der Waals surface area contributed by atoms with Crippen LogP contribution < -0.4 is 0 Å². The van der Waals surface area contributed by atoms with Gasteiger partial charge in [-0.15, -0.1) is 0 Å². The molecule has 0 radical (unpaired) electrons. The van der Waals surface area contributed by atoms with Crippen molar-refractivity contribution in [2.45, 2.75) is 20.0 Å². The van der Waals surface area contributed by atoms with Crippen LogP contribution in [0.25, 0.3) is 0 Å². The zero-order chi connectivity index (χ0) is 17.9. The number of nitro benzene ring substituents is 1. The molecule has 0 spiro atoms. The second kappa shape index (κ2) is 6.99. The normalized spacial score (nSPS) is 11.6. The Morgan fingerprint density at radius 2 is 1.79 bits per heavy atom. The predicted octanol–water partition coefficient (Wildman–Crippen LogP) is 3.47. The molecule has 0 unspecified atom stereocenters. The second-order valence-corrected chi connectivity index (χ2v) is 5.13. The first-order valence-electron chi connectivity index (χ1n) is 7.06. The first-order chi connectivity index (χ1) is 11.3. The van der Waals surface area contributed by atoms with Gasteiger partial charge in [-0.05, 0) is 44.2 Å². The van der Waals surface area contributed by atoms with E-state index in [1.807, 2.05) is 0 Å². The molecule has 0 saturated heterocycles. The number of nitro groups is 1. The summed E-state index contributed by atoms with van der Waals surface area (Å²) in [6.45, 7) is 2.82. The maximum Gasteiger partial charge on any atom is 0.339 e. The maximum absolute atomic E-state index is 12.9. The topological polar surface area (TPSA) is 86.5 Å². The molecule has 2 aromatic rings. The third-order valence-electron chi connectivity index (χ3n) is 3.50. The lowest BCUT2D eigenvalue weighted by Gasteiger charge is -2.13. The molecule has 6 nitrogen and oxygen atoms in total. The molecule has 1 atom stereocenters. The highest BCUT2D eigenvalue weighted by atomic mass is 19.1. The predicted molar refractivity (Wildman–Crippen MR) is 83.4 cm³/mol. The minimum atomic E-state index is -1.11. The number of hydrogen-bond acceptors (Lipinski definition) is 5. The molecule has 0 bridgehead atoms. The fraction of sp³-hybridized carbons (Fsp3) is 0.176. The van der Waals surface area contributed by atoms with Crippen LogP contribution in [0.3, 0.4) is 0 Å². The number of nitrogens with zero attached hydrogens (tertiary/aromatic N) is 1.